The van der Waals surface area contributed by atoms with Crippen molar-refractivity contribution in [2.45, 2.75) is 13.1 Å². The molecule has 4 rings (SSSR count). The average Bonchev–Trinajstić information content (AvgIpc) is 3.24. The van der Waals surface area contributed by atoms with Crippen molar-refractivity contribution in [2.24, 2.45) is 0 Å². The zero-order valence-corrected chi connectivity index (χ0v) is 15.6. The number of ether oxygens (including phenoxy) is 2. The van der Waals surface area contributed by atoms with Crippen LogP contribution in [0.15, 0.2) is 67.0 Å². The molecule has 2 heterocycles. The number of hydrogen-bond acceptors (Lipinski definition) is 5. The van der Waals surface area contributed by atoms with E-state index in [-0.39, 0.29) is 18.6 Å². The fraction of sp³-hybridized carbons (Fsp3) is 0.136. The molecule has 3 aromatic rings. The number of nitrogens with one attached hydrogen (secondary N) is 2. The number of pyridine rings is 1. The van der Waals surface area contributed by atoms with Gasteiger partial charge in [0.05, 0.1) is 0 Å². The molecule has 0 unspecified atom stereocenters. The number of hydrogen-bond donors (Lipinski definition) is 2. The maximum Gasteiger partial charge on any atom is 0.251 e. The van der Waals surface area contributed by atoms with Gasteiger partial charge in [-0.1, -0.05) is 18.2 Å². The third-order valence-electron chi connectivity index (χ3n) is 4.45. The maximum absolute atomic E-state index is 12.5. The van der Waals surface area contributed by atoms with E-state index in [2.05, 4.69) is 15.6 Å². The Morgan fingerprint density at radius 1 is 0.828 bits per heavy atom. The van der Waals surface area contributed by atoms with Crippen LogP contribution in [-0.4, -0.2) is 23.6 Å². The largest absolute Gasteiger partial charge is 0.454 e. The lowest BCUT2D eigenvalue weighted by Gasteiger charge is -2.09. The van der Waals surface area contributed by atoms with Gasteiger partial charge in [-0.15, -0.1) is 0 Å². The van der Waals surface area contributed by atoms with Gasteiger partial charge in [-0.25, -0.2) is 0 Å². The average molecular weight is 389 g/mol. The first kappa shape index (κ1) is 18.5. The lowest BCUT2D eigenvalue weighted by atomic mass is 10.1. The predicted molar refractivity (Wildman–Crippen MR) is 106 cm³/mol. The molecule has 2 N–H and O–H groups in total. The highest BCUT2D eigenvalue weighted by molar-refractivity contribution is 5.99. The molecule has 0 atom stereocenters. The number of nitrogens with zero attached hydrogens (tertiary/aromatic N) is 1. The van der Waals surface area contributed by atoms with Crippen LogP contribution >= 0.6 is 0 Å². The third-order valence-corrected chi connectivity index (χ3v) is 4.45. The second-order valence-electron chi connectivity index (χ2n) is 6.50. The fourth-order valence-electron chi connectivity index (χ4n) is 2.92. The zero-order chi connectivity index (χ0) is 20.1. The van der Waals surface area contributed by atoms with Crippen molar-refractivity contribution in [3.05, 3.63) is 89.2 Å². The monoisotopic (exact) mass is 389 g/mol. The predicted octanol–water partition coefficient (Wildman–Crippen LogP) is 2.67. The number of rotatable bonds is 6. The molecule has 2 aromatic carbocycles. The van der Waals surface area contributed by atoms with Crippen molar-refractivity contribution in [1.29, 1.82) is 0 Å². The first-order chi connectivity index (χ1) is 14.2. The minimum Gasteiger partial charge on any atom is -0.454 e. The van der Waals surface area contributed by atoms with E-state index < -0.39 is 0 Å². The van der Waals surface area contributed by atoms with Crippen LogP contribution in [0.5, 0.6) is 11.5 Å². The van der Waals surface area contributed by atoms with Gasteiger partial charge in [0.25, 0.3) is 11.8 Å². The van der Waals surface area contributed by atoms with Gasteiger partial charge in [-0.05, 0) is 47.5 Å². The van der Waals surface area contributed by atoms with Gasteiger partial charge in [0, 0.05) is 36.6 Å². The van der Waals surface area contributed by atoms with Crippen LogP contribution in [0.1, 0.15) is 31.8 Å². The Labute approximate surface area is 167 Å². The van der Waals surface area contributed by atoms with Crippen LogP contribution in [0.2, 0.25) is 0 Å². The maximum atomic E-state index is 12.5. The molecule has 0 radical (unpaired) electrons. The number of carbonyl (C=O) groups excluding carboxylic acids is 2. The van der Waals surface area contributed by atoms with Gasteiger partial charge in [0.15, 0.2) is 11.5 Å². The molecule has 0 saturated carbocycles. The zero-order valence-electron chi connectivity index (χ0n) is 15.6. The van der Waals surface area contributed by atoms with Crippen molar-refractivity contribution >= 4 is 11.8 Å². The van der Waals surface area contributed by atoms with Gasteiger partial charge in [-0.2, -0.15) is 0 Å². The fourth-order valence-corrected chi connectivity index (χ4v) is 2.92. The van der Waals surface area contributed by atoms with Gasteiger partial charge >= 0.3 is 0 Å². The Kier molecular flexibility index (Phi) is 5.38. The quantitative estimate of drug-likeness (QED) is 0.677. The summed E-state index contributed by atoms with van der Waals surface area (Å²) in [5.74, 6) is 0.859. The molecule has 0 saturated heterocycles. The molecule has 1 aliphatic rings. The highest BCUT2D eigenvalue weighted by Gasteiger charge is 2.14. The van der Waals surface area contributed by atoms with E-state index in [0.717, 1.165) is 11.1 Å². The Bertz CT molecular complexity index is 1040. The second kappa shape index (κ2) is 8.43. The third kappa shape index (κ3) is 4.52. The molecule has 7 nitrogen and oxygen atoms in total. The summed E-state index contributed by atoms with van der Waals surface area (Å²) in [6.45, 7) is 0.918. The Hall–Kier alpha value is -3.87. The molecule has 0 fully saturated rings. The number of fused-ring (bicyclic) bond motifs is 1. The van der Waals surface area contributed by atoms with Crippen LogP contribution in [0, 0.1) is 0 Å². The summed E-state index contributed by atoms with van der Waals surface area (Å²) in [6.07, 6.45) is 3.37. The van der Waals surface area contributed by atoms with E-state index in [1.165, 1.54) is 0 Å². The summed E-state index contributed by atoms with van der Waals surface area (Å²) in [5, 5.41) is 5.68. The van der Waals surface area contributed by atoms with Crippen molar-refractivity contribution in [1.82, 2.24) is 15.6 Å². The Morgan fingerprint density at radius 3 is 2.28 bits per heavy atom. The SMILES string of the molecule is O=C(NCc1cccnc1)c1cccc(C(=O)NCc2ccc3c(c2)OCO3)c1. The standard InChI is InChI=1S/C22H19N3O4/c26-21(24-12-15-6-7-19-20(9-15)29-14-28-19)17-4-1-5-18(10-17)22(27)25-13-16-3-2-8-23-11-16/h1-11H,12-14H2,(H,24,26)(H,25,27). The molecule has 0 aliphatic carbocycles. The Morgan fingerprint density at radius 2 is 1.55 bits per heavy atom. The van der Waals surface area contributed by atoms with E-state index >= 15 is 0 Å². The number of aromatic nitrogens is 1. The highest BCUT2D eigenvalue weighted by atomic mass is 16.7. The first-order valence-electron chi connectivity index (χ1n) is 9.13. The summed E-state index contributed by atoms with van der Waals surface area (Å²) in [5.41, 5.74) is 2.64. The summed E-state index contributed by atoms with van der Waals surface area (Å²) in [4.78, 5) is 28.9. The normalized spacial score (nSPS) is 11.7. The summed E-state index contributed by atoms with van der Waals surface area (Å²) < 4.78 is 10.6. The highest BCUT2D eigenvalue weighted by Crippen LogP contribution is 2.32. The van der Waals surface area contributed by atoms with Crippen LogP contribution < -0.4 is 20.1 Å². The summed E-state index contributed by atoms with van der Waals surface area (Å²) >= 11 is 0. The van der Waals surface area contributed by atoms with E-state index in [4.69, 9.17) is 9.47 Å². The molecule has 7 heteroatoms. The molecular formula is C22H19N3O4. The van der Waals surface area contributed by atoms with Crippen molar-refractivity contribution in [2.75, 3.05) is 6.79 Å². The molecule has 0 spiro atoms. The minimum absolute atomic E-state index is 0.209. The molecule has 1 aromatic heterocycles. The van der Waals surface area contributed by atoms with E-state index in [9.17, 15) is 9.59 Å². The lowest BCUT2D eigenvalue weighted by Crippen LogP contribution is -2.25. The van der Waals surface area contributed by atoms with E-state index in [1.54, 1.807) is 36.7 Å². The minimum atomic E-state index is -0.260. The van der Waals surface area contributed by atoms with E-state index in [1.807, 2.05) is 30.3 Å². The van der Waals surface area contributed by atoms with Gasteiger partial charge < -0.3 is 20.1 Å². The van der Waals surface area contributed by atoms with Crippen LogP contribution in [0.4, 0.5) is 0 Å². The molecule has 29 heavy (non-hydrogen) atoms. The molecule has 146 valence electrons. The number of benzene rings is 2. The van der Waals surface area contributed by atoms with Crippen molar-refractivity contribution in [3.63, 3.8) is 0 Å². The molecular weight excluding hydrogens is 370 g/mol. The van der Waals surface area contributed by atoms with Crippen LogP contribution in [-0.2, 0) is 13.1 Å². The second-order valence-corrected chi connectivity index (χ2v) is 6.50. The number of amides is 2. The van der Waals surface area contributed by atoms with Crippen LogP contribution in [0.3, 0.4) is 0 Å². The molecule has 1 aliphatic heterocycles. The van der Waals surface area contributed by atoms with Gasteiger partial charge in [0.1, 0.15) is 0 Å². The number of carbonyl (C=O) groups is 2. The smallest absolute Gasteiger partial charge is 0.251 e. The summed E-state index contributed by atoms with van der Waals surface area (Å²) in [7, 11) is 0. The van der Waals surface area contributed by atoms with Crippen molar-refractivity contribution in [3.8, 4) is 11.5 Å². The lowest BCUT2D eigenvalue weighted by molar-refractivity contribution is 0.0950. The first-order valence-corrected chi connectivity index (χ1v) is 9.13. The van der Waals surface area contributed by atoms with Gasteiger partial charge in [-0.3, -0.25) is 14.6 Å². The summed E-state index contributed by atoms with van der Waals surface area (Å²) in [6, 6.07) is 15.8. The Balaban J connectivity index is 1.36. The molecule has 2 amide bonds. The van der Waals surface area contributed by atoms with Gasteiger partial charge in [0.2, 0.25) is 6.79 Å². The van der Waals surface area contributed by atoms with E-state index in [0.29, 0.717) is 35.7 Å². The topological polar surface area (TPSA) is 89.6 Å². The van der Waals surface area contributed by atoms with Crippen LogP contribution in [0.25, 0.3) is 0 Å². The van der Waals surface area contributed by atoms with Crippen molar-refractivity contribution < 1.29 is 19.1 Å². The molecule has 0 bridgehead atoms.